The van der Waals surface area contributed by atoms with Crippen molar-refractivity contribution in [2.45, 2.75) is 72.8 Å². The van der Waals surface area contributed by atoms with Gasteiger partial charge in [0.1, 0.15) is 0 Å². The van der Waals surface area contributed by atoms with Gasteiger partial charge in [-0.25, -0.2) is 0 Å². The van der Waals surface area contributed by atoms with Crippen molar-refractivity contribution in [3.63, 3.8) is 0 Å². The molecule has 0 aromatic rings. The van der Waals surface area contributed by atoms with E-state index in [1.165, 1.54) is 0 Å². The summed E-state index contributed by atoms with van der Waals surface area (Å²) in [5.74, 6) is 0.578. The standard InChI is InChI=1S/C19H38N2/c1-18(2,3)17-9-7-16(8-10-17)15-20-11-13-21(14-12-20)19(4,5)6/h16-17H,7-15H2,1-6H3/i11D2,12D2,13D2,14D2. The highest BCUT2D eigenvalue weighted by Crippen LogP contribution is 2.40. The molecular weight excluding hydrogens is 256 g/mol. The second kappa shape index (κ2) is 6.58. The van der Waals surface area contributed by atoms with Gasteiger partial charge in [0, 0.05) is 49.0 Å². The molecule has 0 amide bonds. The summed E-state index contributed by atoms with van der Waals surface area (Å²) in [5.41, 5.74) is -0.911. The summed E-state index contributed by atoms with van der Waals surface area (Å²) in [6.07, 6.45) is 3.59. The molecular formula is C19H38N2. The molecule has 0 aromatic heterocycles. The van der Waals surface area contributed by atoms with Crippen molar-refractivity contribution in [3.8, 4) is 0 Å². The minimum absolute atomic E-state index is 0.00780. The van der Waals surface area contributed by atoms with Crippen molar-refractivity contribution < 1.29 is 11.0 Å². The summed E-state index contributed by atoms with van der Waals surface area (Å²) < 4.78 is 68.2. The Labute approximate surface area is 144 Å². The minimum Gasteiger partial charge on any atom is -0.301 e. The van der Waals surface area contributed by atoms with Crippen LogP contribution in [0.15, 0.2) is 0 Å². The minimum atomic E-state index is -2.71. The predicted octanol–water partition coefficient (Wildman–Crippen LogP) is 4.26. The lowest BCUT2D eigenvalue weighted by Gasteiger charge is -2.44. The van der Waals surface area contributed by atoms with Gasteiger partial charge in [0.05, 0.1) is 0 Å². The van der Waals surface area contributed by atoms with Crippen LogP contribution in [0.25, 0.3) is 0 Å². The van der Waals surface area contributed by atoms with Gasteiger partial charge in [-0.1, -0.05) is 20.8 Å². The van der Waals surface area contributed by atoms with Gasteiger partial charge in [-0.15, -0.1) is 0 Å². The van der Waals surface area contributed by atoms with Crippen LogP contribution < -0.4 is 0 Å². The topological polar surface area (TPSA) is 6.48 Å². The summed E-state index contributed by atoms with van der Waals surface area (Å²) in [4.78, 5) is 1.56. The Morgan fingerprint density at radius 2 is 1.38 bits per heavy atom. The summed E-state index contributed by atoms with van der Waals surface area (Å²) in [6, 6.07) is 0. The lowest BCUT2D eigenvalue weighted by atomic mass is 9.70. The Morgan fingerprint density at radius 1 is 0.857 bits per heavy atom. The van der Waals surface area contributed by atoms with E-state index < -0.39 is 31.5 Å². The van der Waals surface area contributed by atoms with E-state index in [1.807, 2.05) is 0 Å². The van der Waals surface area contributed by atoms with Gasteiger partial charge in [-0.05, 0) is 63.7 Å². The molecule has 2 nitrogen and oxygen atoms in total. The molecule has 1 saturated heterocycles. The molecule has 1 aliphatic heterocycles. The molecule has 1 saturated carbocycles. The van der Waals surface area contributed by atoms with Gasteiger partial charge in [0.15, 0.2) is 0 Å². The summed E-state index contributed by atoms with van der Waals surface area (Å²) >= 11 is 0. The second-order valence-electron chi connectivity index (χ2n) is 8.65. The fourth-order valence-corrected chi connectivity index (χ4v) is 3.17. The molecule has 2 rings (SSSR count). The third-order valence-corrected chi connectivity index (χ3v) is 4.78. The first kappa shape index (κ1) is 9.27. The van der Waals surface area contributed by atoms with Crippen molar-refractivity contribution in [3.05, 3.63) is 0 Å². The van der Waals surface area contributed by atoms with E-state index >= 15 is 0 Å². The lowest BCUT2D eigenvalue weighted by molar-refractivity contribution is 0.0466. The zero-order valence-electron chi connectivity index (χ0n) is 22.6. The Morgan fingerprint density at radius 3 is 1.81 bits per heavy atom. The van der Waals surface area contributed by atoms with Gasteiger partial charge in [-0.2, -0.15) is 0 Å². The molecule has 2 fully saturated rings. The molecule has 0 aromatic carbocycles. The summed E-state index contributed by atoms with van der Waals surface area (Å²) in [7, 11) is 0. The Kier molecular flexibility index (Phi) is 2.91. The first-order valence-corrected chi connectivity index (χ1v) is 8.26. The van der Waals surface area contributed by atoms with Gasteiger partial charge in [0.2, 0.25) is 0 Å². The zero-order valence-corrected chi connectivity index (χ0v) is 14.6. The van der Waals surface area contributed by atoms with E-state index in [0.717, 1.165) is 35.5 Å². The number of rotatable bonds is 2. The Hall–Kier alpha value is -0.0800. The average molecular weight is 303 g/mol. The van der Waals surface area contributed by atoms with E-state index in [4.69, 9.17) is 11.0 Å². The maximum Gasteiger partial charge on any atom is 0.0444 e. The van der Waals surface area contributed by atoms with Crippen LogP contribution in [0.5, 0.6) is 0 Å². The van der Waals surface area contributed by atoms with Gasteiger partial charge >= 0.3 is 0 Å². The fourth-order valence-electron chi connectivity index (χ4n) is 3.17. The molecule has 21 heavy (non-hydrogen) atoms. The van der Waals surface area contributed by atoms with E-state index in [9.17, 15) is 0 Å². The molecule has 1 aliphatic carbocycles. The van der Waals surface area contributed by atoms with Crippen LogP contribution in [-0.4, -0.2) is 47.9 Å². The largest absolute Gasteiger partial charge is 0.301 e. The first-order valence-electron chi connectivity index (χ1n) is 12.3. The molecule has 0 N–H and O–H groups in total. The molecule has 0 radical (unpaired) electrons. The highest BCUT2D eigenvalue weighted by molar-refractivity contribution is 4.85. The zero-order chi connectivity index (χ0) is 22.8. The van der Waals surface area contributed by atoms with Crippen molar-refractivity contribution in [2.24, 2.45) is 17.3 Å². The predicted molar refractivity (Wildman–Crippen MR) is 92.7 cm³/mol. The Balaban J connectivity index is 2.36. The van der Waals surface area contributed by atoms with Crippen LogP contribution in [0, 0.1) is 17.3 Å². The van der Waals surface area contributed by atoms with Crippen molar-refractivity contribution in [1.82, 2.24) is 9.80 Å². The van der Waals surface area contributed by atoms with Crippen LogP contribution in [0.4, 0.5) is 0 Å². The summed E-state index contributed by atoms with van der Waals surface area (Å²) in [6.45, 7) is 0.610. The highest BCUT2D eigenvalue weighted by atomic mass is 15.3. The molecule has 1 heterocycles. The number of nitrogens with zero attached hydrogens (tertiary/aromatic N) is 2. The molecule has 0 spiro atoms. The molecule has 0 bridgehead atoms. The molecule has 0 unspecified atom stereocenters. The molecule has 2 heteroatoms. The number of hydrogen-bond donors (Lipinski definition) is 0. The van der Waals surface area contributed by atoms with Crippen LogP contribution in [0.1, 0.15) is 78.2 Å². The van der Waals surface area contributed by atoms with E-state index in [-0.39, 0.29) is 17.9 Å². The normalized spacial score (nSPS) is 45.8. The third kappa shape index (κ3) is 4.96. The molecule has 2 aliphatic rings. The Bertz CT molecular complexity index is 570. The summed E-state index contributed by atoms with van der Waals surface area (Å²) in [5, 5.41) is 0. The third-order valence-electron chi connectivity index (χ3n) is 4.78. The van der Waals surface area contributed by atoms with Crippen LogP contribution in [-0.2, 0) is 0 Å². The number of piperazine rings is 1. The van der Waals surface area contributed by atoms with Crippen LogP contribution in [0.3, 0.4) is 0 Å². The fraction of sp³-hybridized carbons (Fsp3) is 1.00. The van der Waals surface area contributed by atoms with Crippen LogP contribution in [0.2, 0.25) is 0 Å². The van der Waals surface area contributed by atoms with Crippen molar-refractivity contribution >= 4 is 0 Å². The quantitative estimate of drug-likeness (QED) is 0.752. The maximum absolute atomic E-state index is 8.56. The van der Waals surface area contributed by atoms with Gasteiger partial charge in [-0.3, -0.25) is 4.90 Å². The lowest BCUT2D eigenvalue weighted by Crippen LogP contribution is -2.54. The number of hydrogen-bond acceptors (Lipinski definition) is 2. The van der Waals surface area contributed by atoms with Gasteiger partial charge < -0.3 is 4.90 Å². The van der Waals surface area contributed by atoms with Crippen molar-refractivity contribution in [1.29, 1.82) is 0 Å². The molecule has 124 valence electrons. The second-order valence-corrected chi connectivity index (χ2v) is 8.65. The maximum atomic E-state index is 8.56. The first-order chi connectivity index (χ1) is 12.7. The van der Waals surface area contributed by atoms with Gasteiger partial charge in [0.25, 0.3) is 0 Å². The van der Waals surface area contributed by atoms with E-state index in [2.05, 4.69) is 20.8 Å². The smallest absolute Gasteiger partial charge is 0.0444 e. The van der Waals surface area contributed by atoms with E-state index in [0.29, 0.717) is 5.92 Å². The average Bonchev–Trinajstić information content (AvgIpc) is 2.48. The molecule has 0 atom stereocenters. The van der Waals surface area contributed by atoms with Crippen molar-refractivity contribution in [2.75, 3.05) is 32.5 Å². The SMILES string of the molecule is [2H]C1([2H])N(CC2CCC(C(C)(C)C)CC2)C([2H])([2H])C([2H])([2H])N(C(C)(C)C)C1([2H])[2H]. The van der Waals surface area contributed by atoms with Crippen LogP contribution >= 0.6 is 0 Å². The highest BCUT2D eigenvalue weighted by Gasteiger charge is 2.31. The monoisotopic (exact) mass is 302 g/mol. The van der Waals surface area contributed by atoms with E-state index in [1.54, 1.807) is 20.8 Å².